The van der Waals surface area contributed by atoms with Gasteiger partial charge in [0.25, 0.3) is 5.92 Å². The molecular formula is C14H25F2NO. The molecular weight excluding hydrogens is 236 g/mol. The van der Waals surface area contributed by atoms with E-state index in [9.17, 15) is 13.9 Å². The van der Waals surface area contributed by atoms with Crippen LogP contribution in [0.2, 0.25) is 0 Å². The monoisotopic (exact) mass is 261 g/mol. The molecule has 0 bridgehead atoms. The van der Waals surface area contributed by atoms with E-state index in [1.54, 1.807) is 0 Å². The third kappa shape index (κ3) is 3.21. The third-order valence-electron chi connectivity index (χ3n) is 4.78. The number of halogens is 2. The molecule has 0 amide bonds. The maximum Gasteiger partial charge on any atom is 0.251 e. The van der Waals surface area contributed by atoms with Crippen LogP contribution in [0.1, 0.15) is 45.4 Å². The SMILES string of the molecule is CCCC1(CO)CCN(CC[C@H]2CC2(F)F)CC1. The fourth-order valence-electron chi connectivity index (χ4n) is 3.19. The predicted molar refractivity (Wildman–Crippen MR) is 67.8 cm³/mol. The molecule has 0 spiro atoms. The topological polar surface area (TPSA) is 23.5 Å². The molecule has 18 heavy (non-hydrogen) atoms. The summed E-state index contributed by atoms with van der Waals surface area (Å²) in [4.78, 5) is 2.29. The minimum absolute atomic E-state index is 0.0945. The number of aliphatic hydroxyl groups is 1. The summed E-state index contributed by atoms with van der Waals surface area (Å²) in [6.45, 7) is 5.14. The fourth-order valence-corrected chi connectivity index (χ4v) is 3.19. The number of aliphatic hydroxyl groups excluding tert-OH is 1. The van der Waals surface area contributed by atoms with Crippen LogP contribution in [0.4, 0.5) is 8.78 Å². The van der Waals surface area contributed by atoms with Crippen molar-refractivity contribution in [1.82, 2.24) is 4.90 Å². The molecule has 0 radical (unpaired) electrons. The van der Waals surface area contributed by atoms with E-state index in [4.69, 9.17) is 0 Å². The molecule has 0 aromatic rings. The normalized spacial score (nSPS) is 30.3. The van der Waals surface area contributed by atoms with Gasteiger partial charge in [-0.25, -0.2) is 8.78 Å². The Balaban J connectivity index is 1.70. The molecule has 2 nitrogen and oxygen atoms in total. The number of rotatable bonds is 6. The van der Waals surface area contributed by atoms with Crippen LogP contribution < -0.4 is 0 Å². The number of likely N-dealkylation sites (tertiary alicyclic amines) is 1. The Hall–Kier alpha value is -0.220. The first-order chi connectivity index (χ1) is 8.51. The number of hydrogen-bond donors (Lipinski definition) is 1. The van der Waals surface area contributed by atoms with Gasteiger partial charge in [-0.15, -0.1) is 0 Å². The highest BCUT2D eigenvalue weighted by Gasteiger charge is 2.56. The van der Waals surface area contributed by atoms with Gasteiger partial charge in [-0.3, -0.25) is 0 Å². The summed E-state index contributed by atoms with van der Waals surface area (Å²) in [6, 6.07) is 0. The zero-order valence-corrected chi connectivity index (χ0v) is 11.3. The van der Waals surface area contributed by atoms with E-state index >= 15 is 0 Å². The van der Waals surface area contributed by atoms with Crippen LogP contribution in [0.3, 0.4) is 0 Å². The Morgan fingerprint density at radius 2 is 1.89 bits per heavy atom. The summed E-state index contributed by atoms with van der Waals surface area (Å²) in [5.74, 6) is -2.73. The molecule has 1 atom stereocenters. The van der Waals surface area contributed by atoms with Crippen molar-refractivity contribution < 1.29 is 13.9 Å². The van der Waals surface area contributed by atoms with Gasteiger partial charge in [-0.1, -0.05) is 13.3 Å². The second-order valence-corrected chi connectivity index (χ2v) is 6.20. The molecule has 1 heterocycles. The molecule has 2 aliphatic rings. The maximum absolute atomic E-state index is 12.8. The summed E-state index contributed by atoms with van der Waals surface area (Å²) in [5, 5.41) is 9.54. The molecule has 2 fully saturated rings. The van der Waals surface area contributed by atoms with Gasteiger partial charge >= 0.3 is 0 Å². The van der Waals surface area contributed by atoms with E-state index in [-0.39, 0.29) is 24.4 Å². The minimum Gasteiger partial charge on any atom is -0.396 e. The molecule has 1 aliphatic carbocycles. The predicted octanol–water partition coefficient (Wildman–Crippen LogP) is 2.91. The van der Waals surface area contributed by atoms with Gasteiger partial charge in [-0.2, -0.15) is 0 Å². The lowest BCUT2D eigenvalue weighted by Gasteiger charge is -2.40. The van der Waals surface area contributed by atoms with Crippen LogP contribution in [0.5, 0.6) is 0 Å². The zero-order chi connectivity index (χ0) is 13.2. The first-order valence-electron chi connectivity index (χ1n) is 7.22. The highest BCUT2D eigenvalue weighted by Crippen LogP contribution is 2.50. The first kappa shape index (κ1) is 14.2. The zero-order valence-electron chi connectivity index (χ0n) is 11.3. The second kappa shape index (κ2) is 5.41. The molecule has 1 N–H and O–H groups in total. The summed E-state index contributed by atoms with van der Waals surface area (Å²) in [7, 11) is 0. The molecule has 0 aromatic heterocycles. The second-order valence-electron chi connectivity index (χ2n) is 6.20. The van der Waals surface area contributed by atoms with Gasteiger partial charge < -0.3 is 10.0 Å². The highest BCUT2D eigenvalue weighted by atomic mass is 19.3. The number of piperidine rings is 1. The van der Waals surface area contributed by atoms with Gasteiger partial charge in [0.2, 0.25) is 0 Å². The van der Waals surface area contributed by atoms with Gasteiger partial charge in [0.05, 0.1) is 0 Å². The molecule has 1 saturated carbocycles. The van der Waals surface area contributed by atoms with Gasteiger partial charge in [0, 0.05) is 18.9 Å². The highest BCUT2D eigenvalue weighted by molar-refractivity contribution is 4.95. The number of nitrogens with zero attached hydrogens (tertiary/aromatic N) is 1. The molecule has 2 rings (SSSR count). The quantitative estimate of drug-likeness (QED) is 0.794. The van der Waals surface area contributed by atoms with Crippen molar-refractivity contribution in [1.29, 1.82) is 0 Å². The lowest BCUT2D eigenvalue weighted by Crippen LogP contribution is -2.42. The first-order valence-corrected chi connectivity index (χ1v) is 7.22. The Bertz CT molecular complexity index is 275. The van der Waals surface area contributed by atoms with E-state index in [1.807, 2.05) is 0 Å². The fraction of sp³-hybridized carbons (Fsp3) is 1.00. The van der Waals surface area contributed by atoms with Gasteiger partial charge in [0.15, 0.2) is 0 Å². The Labute approximate surface area is 108 Å². The van der Waals surface area contributed by atoms with Crippen LogP contribution >= 0.6 is 0 Å². The van der Waals surface area contributed by atoms with Crippen molar-refractivity contribution in [2.24, 2.45) is 11.3 Å². The lowest BCUT2D eigenvalue weighted by molar-refractivity contribution is 0.0333. The standard InChI is InChI=1S/C14H25F2NO/c1-2-4-13(11-18)5-8-17(9-6-13)7-3-12-10-14(12,15)16/h12,18H,2-11H2,1H3/t12-/m0/s1. The van der Waals surface area contributed by atoms with Crippen LogP contribution in [0, 0.1) is 11.3 Å². The summed E-state index contributed by atoms with van der Waals surface area (Å²) < 4.78 is 25.6. The van der Waals surface area contributed by atoms with Crippen LogP contribution in [-0.4, -0.2) is 42.2 Å². The summed E-state index contributed by atoms with van der Waals surface area (Å²) in [5.41, 5.74) is 0.106. The number of alkyl halides is 2. The average Bonchev–Trinajstić information content (AvgIpc) is 2.97. The Morgan fingerprint density at radius 3 is 2.33 bits per heavy atom. The number of hydrogen-bond acceptors (Lipinski definition) is 2. The Kier molecular flexibility index (Phi) is 4.27. The van der Waals surface area contributed by atoms with Crippen molar-refractivity contribution in [3.63, 3.8) is 0 Å². The lowest BCUT2D eigenvalue weighted by atomic mass is 9.75. The van der Waals surface area contributed by atoms with Gasteiger partial charge in [0.1, 0.15) is 0 Å². The van der Waals surface area contributed by atoms with Crippen LogP contribution in [0.15, 0.2) is 0 Å². The van der Waals surface area contributed by atoms with E-state index in [2.05, 4.69) is 11.8 Å². The molecule has 1 saturated heterocycles. The van der Waals surface area contributed by atoms with Crippen molar-refractivity contribution in [2.45, 2.75) is 51.4 Å². The van der Waals surface area contributed by atoms with Crippen molar-refractivity contribution in [3.05, 3.63) is 0 Å². The largest absolute Gasteiger partial charge is 0.396 e. The summed E-state index contributed by atoms with van der Waals surface area (Å²) >= 11 is 0. The molecule has 0 aromatic carbocycles. The minimum atomic E-state index is -2.37. The van der Waals surface area contributed by atoms with E-state index in [0.717, 1.165) is 45.3 Å². The van der Waals surface area contributed by atoms with Crippen molar-refractivity contribution in [3.8, 4) is 0 Å². The van der Waals surface area contributed by atoms with Crippen molar-refractivity contribution >= 4 is 0 Å². The molecule has 1 aliphatic heterocycles. The summed E-state index contributed by atoms with van der Waals surface area (Å²) in [6.07, 6.45) is 4.94. The molecule has 0 unspecified atom stereocenters. The molecule has 106 valence electrons. The van der Waals surface area contributed by atoms with Gasteiger partial charge in [-0.05, 0) is 50.7 Å². The third-order valence-corrected chi connectivity index (χ3v) is 4.78. The Morgan fingerprint density at radius 1 is 1.28 bits per heavy atom. The van der Waals surface area contributed by atoms with E-state index in [1.165, 1.54) is 0 Å². The van der Waals surface area contributed by atoms with Crippen LogP contribution in [0.25, 0.3) is 0 Å². The van der Waals surface area contributed by atoms with Crippen LogP contribution in [-0.2, 0) is 0 Å². The van der Waals surface area contributed by atoms with E-state index in [0.29, 0.717) is 6.42 Å². The molecule has 4 heteroatoms. The smallest absolute Gasteiger partial charge is 0.251 e. The maximum atomic E-state index is 12.8. The average molecular weight is 261 g/mol. The van der Waals surface area contributed by atoms with Crippen molar-refractivity contribution in [2.75, 3.05) is 26.2 Å². The van der Waals surface area contributed by atoms with E-state index < -0.39 is 5.92 Å².